The Morgan fingerprint density at radius 1 is 0.824 bits per heavy atom. The molecular formula is C15H30N2. The number of hydrogen-bond donors (Lipinski definition) is 1. The quantitative estimate of drug-likeness (QED) is 0.791. The fraction of sp³-hybridized carbons (Fsp3) is 1.00. The van der Waals surface area contributed by atoms with E-state index in [1.165, 1.54) is 38.5 Å². The Bertz CT molecular complexity index is 231. The molecule has 0 aromatic rings. The van der Waals surface area contributed by atoms with Crippen LogP contribution in [-0.2, 0) is 0 Å². The van der Waals surface area contributed by atoms with Crippen molar-refractivity contribution in [2.24, 2.45) is 11.8 Å². The summed E-state index contributed by atoms with van der Waals surface area (Å²) in [5.74, 6) is 1.81. The van der Waals surface area contributed by atoms with Crippen LogP contribution in [0.4, 0.5) is 0 Å². The molecule has 1 saturated carbocycles. The van der Waals surface area contributed by atoms with Gasteiger partial charge in [-0.15, -0.1) is 0 Å². The average molecular weight is 238 g/mol. The molecule has 1 saturated heterocycles. The van der Waals surface area contributed by atoms with Gasteiger partial charge < -0.3 is 0 Å². The summed E-state index contributed by atoms with van der Waals surface area (Å²) in [5.41, 5.74) is 3.84. The van der Waals surface area contributed by atoms with Crippen molar-refractivity contribution in [3.8, 4) is 0 Å². The number of nitrogens with zero attached hydrogens (tertiary/aromatic N) is 1. The summed E-state index contributed by atoms with van der Waals surface area (Å²) < 4.78 is 0. The summed E-state index contributed by atoms with van der Waals surface area (Å²) in [7, 11) is 0. The van der Waals surface area contributed by atoms with Crippen LogP contribution in [0.2, 0.25) is 0 Å². The van der Waals surface area contributed by atoms with Crippen molar-refractivity contribution in [2.75, 3.05) is 0 Å². The Labute approximate surface area is 107 Å². The lowest BCUT2D eigenvalue weighted by molar-refractivity contribution is 0.0147. The largest absolute Gasteiger partial charge is 0.252 e. The highest BCUT2D eigenvalue weighted by molar-refractivity contribution is 4.83. The third kappa shape index (κ3) is 3.23. The third-order valence-electron chi connectivity index (χ3n) is 5.12. The smallest absolute Gasteiger partial charge is 0.0218 e. The van der Waals surface area contributed by atoms with Crippen molar-refractivity contribution in [3.63, 3.8) is 0 Å². The summed E-state index contributed by atoms with van der Waals surface area (Å²) in [5, 5.41) is 2.55. The van der Waals surface area contributed by atoms with Crippen LogP contribution in [0.5, 0.6) is 0 Å². The first-order valence-electron chi connectivity index (χ1n) is 7.62. The van der Waals surface area contributed by atoms with E-state index in [0.29, 0.717) is 12.1 Å². The van der Waals surface area contributed by atoms with Crippen molar-refractivity contribution in [3.05, 3.63) is 0 Å². The minimum atomic E-state index is 0.716. The van der Waals surface area contributed by atoms with Gasteiger partial charge in [0.2, 0.25) is 0 Å². The van der Waals surface area contributed by atoms with E-state index in [-0.39, 0.29) is 0 Å². The van der Waals surface area contributed by atoms with Gasteiger partial charge >= 0.3 is 0 Å². The Morgan fingerprint density at radius 3 is 2.06 bits per heavy atom. The molecular weight excluding hydrogens is 208 g/mol. The van der Waals surface area contributed by atoms with E-state index in [4.69, 9.17) is 0 Å². The van der Waals surface area contributed by atoms with Crippen LogP contribution in [0.15, 0.2) is 0 Å². The zero-order chi connectivity index (χ0) is 12.4. The predicted octanol–water partition coefficient (Wildman–Crippen LogP) is 3.58. The summed E-state index contributed by atoms with van der Waals surface area (Å²) >= 11 is 0. The van der Waals surface area contributed by atoms with E-state index < -0.39 is 0 Å². The van der Waals surface area contributed by atoms with E-state index in [1.807, 2.05) is 0 Å². The normalized spacial score (nSPS) is 44.8. The van der Waals surface area contributed by atoms with E-state index in [9.17, 15) is 0 Å². The standard InChI is InChI=1S/C15H30N2/c1-11-8-9-15(10-12(11)2)16-17-13(3)6-5-7-14(17)4/h11-16H,5-10H2,1-4H3. The molecule has 0 aromatic heterocycles. The van der Waals surface area contributed by atoms with Gasteiger partial charge in [0.15, 0.2) is 0 Å². The number of rotatable bonds is 2. The van der Waals surface area contributed by atoms with Crippen LogP contribution in [0.25, 0.3) is 0 Å². The van der Waals surface area contributed by atoms with Gasteiger partial charge in [-0.05, 0) is 57.8 Å². The molecule has 1 heterocycles. The van der Waals surface area contributed by atoms with Crippen LogP contribution in [-0.4, -0.2) is 23.1 Å². The first-order chi connectivity index (χ1) is 8.08. The van der Waals surface area contributed by atoms with Gasteiger partial charge in [-0.1, -0.05) is 20.3 Å². The lowest BCUT2D eigenvalue weighted by Gasteiger charge is -2.43. The van der Waals surface area contributed by atoms with Gasteiger partial charge in [0.25, 0.3) is 0 Å². The molecule has 0 aromatic carbocycles. The maximum absolute atomic E-state index is 3.84. The summed E-state index contributed by atoms with van der Waals surface area (Å²) in [6, 6.07) is 2.16. The Hall–Kier alpha value is -0.0800. The zero-order valence-corrected chi connectivity index (χ0v) is 12.1. The van der Waals surface area contributed by atoms with Crippen LogP contribution in [0.3, 0.4) is 0 Å². The molecule has 2 fully saturated rings. The zero-order valence-electron chi connectivity index (χ0n) is 12.1. The molecule has 17 heavy (non-hydrogen) atoms. The van der Waals surface area contributed by atoms with Gasteiger partial charge in [-0.25, -0.2) is 5.01 Å². The number of hydrogen-bond acceptors (Lipinski definition) is 2. The minimum Gasteiger partial charge on any atom is -0.252 e. The molecule has 5 atom stereocenters. The first kappa shape index (κ1) is 13.4. The molecule has 0 spiro atoms. The Kier molecular flexibility index (Phi) is 4.48. The molecule has 2 heteroatoms. The fourth-order valence-corrected chi connectivity index (χ4v) is 3.55. The molecule has 0 bridgehead atoms. The topological polar surface area (TPSA) is 15.3 Å². The maximum atomic E-state index is 3.84. The van der Waals surface area contributed by atoms with Crippen molar-refractivity contribution in [2.45, 2.75) is 84.3 Å². The molecule has 1 N–H and O–H groups in total. The Balaban J connectivity index is 1.87. The van der Waals surface area contributed by atoms with E-state index in [0.717, 1.165) is 17.9 Å². The average Bonchev–Trinajstić information content (AvgIpc) is 2.28. The second kappa shape index (κ2) is 5.71. The van der Waals surface area contributed by atoms with Crippen molar-refractivity contribution < 1.29 is 0 Å². The first-order valence-corrected chi connectivity index (χ1v) is 7.62. The monoisotopic (exact) mass is 238 g/mol. The molecule has 1 aliphatic carbocycles. The summed E-state index contributed by atoms with van der Waals surface area (Å²) in [6.45, 7) is 9.57. The van der Waals surface area contributed by atoms with Gasteiger partial charge in [-0.2, -0.15) is 0 Å². The molecule has 0 radical (unpaired) electrons. The second-order valence-electron chi connectivity index (χ2n) is 6.63. The molecule has 1 aliphatic heterocycles. The van der Waals surface area contributed by atoms with E-state index in [2.05, 4.69) is 38.1 Å². The van der Waals surface area contributed by atoms with Crippen molar-refractivity contribution >= 4 is 0 Å². The van der Waals surface area contributed by atoms with Gasteiger partial charge in [-0.3, -0.25) is 5.43 Å². The summed E-state index contributed by atoms with van der Waals surface area (Å²) in [6.07, 6.45) is 8.23. The highest BCUT2D eigenvalue weighted by Gasteiger charge is 2.30. The fourth-order valence-electron chi connectivity index (χ4n) is 3.55. The molecule has 2 rings (SSSR count). The predicted molar refractivity (Wildman–Crippen MR) is 73.7 cm³/mol. The molecule has 100 valence electrons. The van der Waals surface area contributed by atoms with Crippen LogP contribution >= 0.6 is 0 Å². The van der Waals surface area contributed by atoms with Crippen molar-refractivity contribution in [1.29, 1.82) is 0 Å². The van der Waals surface area contributed by atoms with Gasteiger partial charge in [0.05, 0.1) is 0 Å². The lowest BCUT2D eigenvalue weighted by atomic mass is 9.79. The summed E-state index contributed by atoms with van der Waals surface area (Å²) in [4.78, 5) is 0. The Morgan fingerprint density at radius 2 is 1.47 bits per heavy atom. The molecule has 2 aliphatic rings. The SMILES string of the molecule is CC1CCC(NN2C(C)CCCC2C)CC1C. The van der Waals surface area contributed by atoms with Crippen LogP contribution in [0.1, 0.15) is 66.2 Å². The van der Waals surface area contributed by atoms with Gasteiger partial charge in [0.1, 0.15) is 0 Å². The van der Waals surface area contributed by atoms with E-state index in [1.54, 1.807) is 0 Å². The van der Waals surface area contributed by atoms with E-state index >= 15 is 0 Å². The number of piperidine rings is 1. The molecule has 0 amide bonds. The minimum absolute atomic E-state index is 0.716. The molecule has 2 nitrogen and oxygen atoms in total. The maximum Gasteiger partial charge on any atom is 0.0218 e. The van der Waals surface area contributed by atoms with Crippen LogP contribution in [0, 0.1) is 11.8 Å². The number of nitrogens with one attached hydrogen (secondary N) is 1. The molecule has 5 unspecified atom stereocenters. The lowest BCUT2D eigenvalue weighted by Crippen LogP contribution is -2.56. The van der Waals surface area contributed by atoms with Gasteiger partial charge in [0, 0.05) is 18.1 Å². The van der Waals surface area contributed by atoms with Crippen LogP contribution < -0.4 is 5.43 Å². The third-order valence-corrected chi connectivity index (χ3v) is 5.12. The van der Waals surface area contributed by atoms with Crippen molar-refractivity contribution in [1.82, 2.24) is 10.4 Å². The highest BCUT2D eigenvalue weighted by Crippen LogP contribution is 2.30. The second-order valence-corrected chi connectivity index (χ2v) is 6.63. The number of hydrazine groups is 1. The highest BCUT2D eigenvalue weighted by atomic mass is 15.5.